The monoisotopic (exact) mass is 415 g/mol. The van der Waals surface area contributed by atoms with Crippen molar-refractivity contribution in [2.24, 2.45) is 17.9 Å². The van der Waals surface area contributed by atoms with E-state index in [1.54, 1.807) is 14.0 Å². The Balaban J connectivity index is 2.20. The van der Waals surface area contributed by atoms with Crippen LogP contribution in [0.2, 0.25) is 0 Å². The van der Waals surface area contributed by atoms with Crippen molar-refractivity contribution in [3.05, 3.63) is 48.2 Å². The lowest BCUT2D eigenvalue weighted by atomic mass is 10.2. The summed E-state index contributed by atoms with van der Waals surface area (Å²) in [4.78, 5) is 13.8. The van der Waals surface area contributed by atoms with E-state index in [2.05, 4.69) is 24.9 Å². The van der Waals surface area contributed by atoms with Crippen molar-refractivity contribution in [3.8, 4) is 22.9 Å². The van der Waals surface area contributed by atoms with Gasteiger partial charge in [-0.2, -0.15) is 5.10 Å². The number of aromatic nitrogens is 4. The van der Waals surface area contributed by atoms with Gasteiger partial charge in [-0.3, -0.25) is 0 Å². The topological polar surface area (TPSA) is 137 Å². The molecule has 0 saturated carbocycles. The van der Waals surface area contributed by atoms with Crippen LogP contribution < -0.4 is 10.5 Å². The normalized spacial score (nSPS) is 12.2. The van der Waals surface area contributed by atoms with E-state index >= 15 is 0 Å². The number of benzene rings is 1. The van der Waals surface area contributed by atoms with Crippen molar-refractivity contribution in [2.45, 2.75) is 11.8 Å². The second-order valence-corrected chi connectivity index (χ2v) is 7.75. The first kappa shape index (κ1) is 20.4. The Labute approximate surface area is 168 Å². The summed E-state index contributed by atoms with van der Waals surface area (Å²) in [5, 5.41) is 8.15. The van der Waals surface area contributed by atoms with Crippen molar-refractivity contribution in [3.63, 3.8) is 0 Å². The molecule has 11 heteroatoms. The van der Waals surface area contributed by atoms with E-state index in [4.69, 9.17) is 10.6 Å². The van der Waals surface area contributed by atoms with Crippen LogP contribution in [0, 0.1) is 0 Å². The standard InChI is InChI=1S/C18H21N7O3S/c1-4-28-24-16(19)13-10-11-14(29(26,27)20-2)15(21-13)18-22-17(23-25(18)3)12-8-6-5-7-9-12/h5-11,20H,4H2,1-3H3,(H2,19,24). The minimum absolute atomic E-state index is 0.0203. The molecule has 0 aliphatic rings. The van der Waals surface area contributed by atoms with Gasteiger partial charge in [-0.05, 0) is 26.1 Å². The van der Waals surface area contributed by atoms with Crippen LogP contribution in [0.4, 0.5) is 0 Å². The first-order valence-electron chi connectivity index (χ1n) is 8.74. The number of oxime groups is 1. The third kappa shape index (κ3) is 4.25. The Bertz CT molecular complexity index is 1140. The molecule has 0 atom stereocenters. The van der Waals surface area contributed by atoms with Crippen molar-refractivity contribution >= 4 is 15.9 Å². The molecular formula is C18H21N7O3S. The molecule has 3 aromatic rings. The highest BCUT2D eigenvalue weighted by Gasteiger charge is 2.24. The van der Waals surface area contributed by atoms with E-state index in [1.165, 1.54) is 23.9 Å². The predicted molar refractivity (Wildman–Crippen MR) is 108 cm³/mol. The maximum Gasteiger partial charge on any atom is 0.242 e. The molecule has 0 saturated heterocycles. The number of nitrogens with two attached hydrogens (primary N) is 1. The maximum absolute atomic E-state index is 12.5. The number of amidine groups is 1. The molecule has 0 bridgehead atoms. The van der Waals surface area contributed by atoms with Gasteiger partial charge in [0, 0.05) is 12.6 Å². The van der Waals surface area contributed by atoms with Gasteiger partial charge >= 0.3 is 0 Å². The Morgan fingerprint density at radius 3 is 2.59 bits per heavy atom. The minimum atomic E-state index is -3.81. The summed E-state index contributed by atoms with van der Waals surface area (Å²) in [5.41, 5.74) is 7.06. The van der Waals surface area contributed by atoms with E-state index in [1.807, 2.05) is 30.3 Å². The Kier molecular flexibility index (Phi) is 5.89. The Morgan fingerprint density at radius 2 is 1.93 bits per heavy atom. The predicted octanol–water partition coefficient (Wildman–Crippen LogP) is 1.11. The number of nitrogens with zero attached hydrogens (tertiary/aromatic N) is 5. The number of pyridine rings is 1. The van der Waals surface area contributed by atoms with Crippen LogP contribution >= 0.6 is 0 Å². The minimum Gasteiger partial charge on any atom is -0.394 e. The molecule has 0 aliphatic carbocycles. The molecule has 0 unspecified atom stereocenters. The zero-order chi connectivity index (χ0) is 21.0. The van der Waals surface area contributed by atoms with Crippen LogP contribution in [0.15, 0.2) is 52.5 Å². The third-order valence-corrected chi connectivity index (χ3v) is 5.42. The largest absolute Gasteiger partial charge is 0.394 e. The van der Waals surface area contributed by atoms with Crippen molar-refractivity contribution in [2.75, 3.05) is 13.7 Å². The number of nitrogens with one attached hydrogen (secondary N) is 1. The van der Waals surface area contributed by atoms with E-state index < -0.39 is 10.0 Å². The average Bonchev–Trinajstić information content (AvgIpc) is 3.13. The number of hydrogen-bond donors (Lipinski definition) is 2. The quantitative estimate of drug-likeness (QED) is 0.335. The van der Waals surface area contributed by atoms with Crippen LogP contribution in [0.3, 0.4) is 0 Å². The molecule has 0 aliphatic heterocycles. The van der Waals surface area contributed by atoms with E-state index in [9.17, 15) is 8.42 Å². The lowest BCUT2D eigenvalue weighted by molar-refractivity contribution is 0.158. The highest BCUT2D eigenvalue weighted by atomic mass is 32.2. The van der Waals surface area contributed by atoms with Crippen LogP contribution in [-0.4, -0.2) is 47.7 Å². The van der Waals surface area contributed by atoms with Crippen LogP contribution in [0.25, 0.3) is 22.9 Å². The molecule has 152 valence electrons. The summed E-state index contributed by atoms with van der Waals surface area (Å²) in [6, 6.07) is 12.2. The molecule has 10 nitrogen and oxygen atoms in total. The van der Waals surface area contributed by atoms with Crippen molar-refractivity contribution < 1.29 is 13.3 Å². The van der Waals surface area contributed by atoms with E-state index in [-0.39, 0.29) is 27.9 Å². The number of sulfonamides is 1. The third-order valence-electron chi connectivity index (χ3n) is 3.98. The van der Waals surface area contributed by atoms with Crippen LogP contribution in [-0.2, 0) is 21.9 Å². The molecule has 2 aromatic heterocycles. The fraction of sp³-hybridized carbons (Fsp3) is 0.222. The van der Waals surface area contributed by atoms with Gasteiger partial charge in [0.2, 0.25) is 10.0 Å². The molecule has 3 N–H and O–H groups in total. The molecule has 0 radical (unpaired) electrons. The first-order chi connectivity index (χ1) is 13.9. The first-order valence-corrected chi connectivity index (χ1v) is 10.2. The molecule has 29 heavy (non-hydrogen) atoms. The summed E-state index contributed by atoms with van der Waals surface area (Å²) in [7, 11) is -0.827. The zero-order valence-corrected chi connectivity index (χ0v) is 17.0. The Morgan fingerprint density at radius 1 is 1.21 bits per heavy atom. The summed E-state index contributed by atoms with van der Waals surface area (Å²) in [6.45, 7) is 2.10. The molecule has 0 spiro atoms. The highest BCUT2D eigenvalue weighted by Crippen LogP contribution is 2.26. The molecular weight excluding hydrogens is 394 g/mol. The fourth-order valence-corrected chi connectivity index (χ4v) is 3.42. The second kappa shape index (κ2) is 8.37. The van der Waals surface area contributed by atoms with Gasteiger partial charge in [0.15, 0.2) is 17.5 Å². The molecule has 2 heterocycles. The van der Waals surface area contributed by atoms with Gasteiger partial charge in [0.05, 0.1) is 0 Å². The van der Waals surface area contributed by atoms with E-state index in [0.717, 1.165) is 5.56 Å². The lowest BCUT2D eigenvalue weighted by Gasteiger charge is -2.10. The zero-order valence-electron chi connectivity index (χ0n) is 16.2. The lowest BCUT2D eigenvalue weighted by Crippen LogP contribution is -2.22. The van der Waals surface area contributed by atoms with Gasteiger partial charge in [0.1, 0.15) is 22.9 Å². The van der Waals surface area contributed by atoms with Gasteiger partial charge in [0.25, 0.3) is 0 Å². The smallest absolute Gasteiger partial charge is 0.242 e. The summed E-state index contributed by atoms with van der Waals surface area (Å²) < 4.78 is 28.9. The molecule has 0 amide bonds. The molecule has 0 fully saturated rings. The van der Waals surface area contributed by atoms with Crippen LogP contribution in [0.5, 0.6) is 0 Å². The van der Waals surface area contributed by atoms with Crippen molar-refractivity contribution in [1.82, 2.24) is 24.5 Å². The second-order valence-electron chi connectivity index (χ2n) is 5.89. The number of rotatable bonds is 7. The Hall–Kier alpha value is -3.31. The summed E-state index contributed by atoms with van der Waals surface area (Å²) in [6.07, 6.45) is 0. The summed E-state index contributed by atoms with van der Waals surface area (Å²) >= 11 is 0. The van der Waals surface area contributed by atoms with Gasteiger partial charge in [-0.15, -0.1) is 0 Å². The maximum atomic E-state index is 12.5. The number of aryl methyl sites for hydroxylation is 1. The van der Waals surface area contributed by atoms with Crippen LogP contribution in [0.1, 0.15) is 12.6 Å². The molecule has 3 rings (SSSR count). The van der Waals surface area contributed by atoms with Gasteiger partial charge in [-0.1, -0.05) is 35.5 Å². The van der Waals surface area contributed by atoms with Gasteiger partial charge in [-0.25, -0.2) is 27.8 Å². The highest BCUT2D eigenvalue weighted by molar-refractivity contribution is 7.89. The average molecular weight is 415 g/mol. The van der Waals surface area contributed by atoms with Crippen molar-refractivity contribution in [1.29, 1.82) is 0 Å². The summed E-state index contributed by atoms with van der Waals surface area (Å²) in [5.74, 6) is 0.731. The number of hydrogen-bond acceptors (Lipinski definition) is 7. The van der Waals surface area contributed by atoms with E-state index in [0.29, 0.717) is 12.4 Å². The fourth-order valence-electron chi connectivity index (χ4n) is 2.56. The molecule has 1 aromatic carbocycles. The van der Waals surface area contributed by atoms with Gasteiger partial charge < -0.3 is 10.6 Å². The SMILES string of the molecule is CCO/N=C(\N)c1ccc(S(=O)(=O)NC)c(-c2nc(-c3ccccc3)nn2C)n1.